The summed E-state index contributed by atoms with van der Waals surface area (Å²) in [6.07, 6.45) is -3.46. The van der Waals surface area contributed by atoms with Gasteiger partial charge in [0.1, 0.15) is 0 Å². The van der Waals surface area contributed by atoms with Gasteiger partial charge in [-0.1, -0.05) is 19.4 Å². The molecule has 1 rings (SSSR count). The number of carbonyl (C=O) groups excluding carboxylic acids is 3. The van der Waals surface area contributed by atoms with Crippen LogP contribution in [0.2, 0.25) is 0 Å². The molecule has 1 aromatic rings. The molecule has 0 aromatic heterocycles. The molecule has 1 aromatic carbocycles. The molecule has 0 unspecified atom stereocenters. The number of alkyl halides is 3. The first kappa shape index (κ1) is 19.5. The zero-order valence-electron chi connectivity index (χ0n) is 12.9. The predicted octanol–water partition coefficient (Wildman–Crippen LogP) is 2.26. The van der Waals surface area contributed by atoms with E-state index in [-0.39, 0.29) is 17.9 Å². The van der Waals surface area contributed by atoms with Crippen LogP contribution in [-0.2, 0) is 14.3 Å². The lowest BCUT2D eigenvalue weighted by Crippen LogP contribution is -2.41. The molecule has 0 atom stereocenters. The van der Waals surface area contributed by atoms with Crippen molar-refractivity contribution in [3.05, 3.63) is 29.8 Å². The van der Waals surface area contributed by atoms with E-state index in [0.29, 0.717) is 0 Å². The highest BCUT2D eigenvalue weighted by molar-refractivity contribution is 5.97. The van der Waals surface area contributed by atoms with E-state index < -0.39 is 30.5 Å². The van der Waals surface area contributed by atoms with Crippen LogP contribution in [0.5, 0.6) is 0 Å². The van der Waals surface area contributed by atoms with Crippen LogP contribution in [0.15, 0.2) is 24.3 Å². The topological polar surface area (TPSA) is 84.5 Å². The van der Waals surface area contributed by atoms with Crippen molar-refractivity contribution in [2.45, 2.75) is 25.9 Å². The Morgan fingerprint density at radius 2 is 1.92 bits per heavy atom. The van der Waals surface area contributed by atoms with Crippen molar-refractivity contribution in [1.29, 1.82) is 0 Å². The summed E-state index contributed by atoms with van der Waals surface area (Å²) in [5.41, 5.74) is 0.398. The molecule has 0 saturated heterocycles. The van der Waals surface area contributed by atoms with Crippen molar-refractivity contribution in [1.82, 2.24) is 5.32 Å². The highest BCUT2D eigenvalue weighted by Gasteiger charge is 2.38. The van der Waals surface area contributed by atoms with Crippen molar-refractivity contribution >= 4 is 23.5 Å². The normalized spacial score (nSPS) is 10.8. The number of anilines is 1. The number of halogens is 3. The highest BCUT2D eigenvalue weighted by atomic mass is 19.4. The van der Waals surface area contributed by atoms with E-state index in [0.717, 1.165) is 12.8 Å². The average molecular weight is 346 g/mol. The quantitative estimate of drug-likeness (QED) is 0.586. The van der Waals surface area contributed by atoms with Crippen molar-refractivity contribution in [3.8, 4) is 0 Å². The van der Waals surface area contributed by atoms with E-state index in [9.17, 15) is 27.6 Å². The van der Waals surface area contributed by atoms with Gasteiger partial charge in [0.2, 0.25) is 5.91 Å². The third-order valence-corrected chi connectivity index (χ3v) is 2.78. The Kier molecular flexibility index (Phi) is 7.22. The van der Waals surface area contributed by atoms with Crippen LogP contribution in [0.25, 0.3) is 0 Å². The SMILES string of the molecule is CCCCOC(=O)c1cccc(NC(=O)CNC(=O)C(F)(F)F)c1. The number of hydrogen-bond acceptors (Lipinski definition) is 4. The minimum atomic E-state index is -5.05. The Balaban J connectivity index is 2.56. The van der Waals surface area contributed by atoms with Crippen molar-refractivity contribution in [3.63, 3.8) is 0 Å². The van der Waals surface area contributed by atoms with Gasteiger partial charge in [-0.2, -0.15) is 13.2 Å². The van der Waals surface area contributed by atoms with Crippen LogP contribution < -0.4 is 10.6 Å². The van der Waals surface area contributed by atoms with Gasteiger partial charge in [-0.25, -0.2) is 4.79 Å². The Bertz CT molecular complexity index is 603. The third kappa shape index (κ3) is 6.67. The summed E-state index contributed by atoms with van der Waals surface area (Å²) < 4.78 is 41.0. The molecule has 0 heterocycles. The molecule has 6 nitrogen and oxygen atoms in total. The maximum Gasteiger partial charge on any atom is 0.471 e. The molecule has 132 valence electrons. The summed E-state index contributed by atoms with van der Waals surface area (Å²) in [5, 5.41) is 3.73. The zero-order valence-corrected chi connectivity index (χ0v) is 12.9. The summed E-state index contributed by atoms with van der Waals surface area (Å²) in [6.45, 7) is 1.38. The second kappa shape index (κ2) is 8.90. The van der Waals surface area contributed by atoms with Gasteiger partial charge >= 0.3 is 18.1 Å². The van der Waals surface area contributed by atoms with E-state index in [1.54, 1.807) is 0 Å². The Labute approximate surface area is 136 Å². The first-order valence-electron chi connectivity index (χ1n) is 7.16. The van der Waals surface area contributed by atoms with E-state index >= 15 is 0 Å². The summed E-state index contributed by atoms with van der Waals surface area (Å²) in [7, 11) is 0. The Morgan fingerprint density at radius 3 is 2.54 bits per heavy atom. The number of hydrogen-bond donors (Lipinski definition) is 2. The van der Waals surface area contributed by atoms with Crippen molar-refractivity contribution in [2.75, 3.05) is 18.5 Å². The molecule has 0 spiro atoms. The maximum absolute atomic E-state index is 12.0. The first-order valence-corrected chi connectivity index (χ1v) is 7.16. The summed E-state index contributed by atoms with van der Waals surface area (Å²) in [5.74, 6) is -3.63. The van der Waals surface area contributed by atoms with Gasteiger partial charge in [0.25, 0.3) is 0 Å². The molecular formula is C15H17F3N2O4. The van der Waals surface area contributed by atoms with Crippen LogP contribution in [0.1, 0.15) is 30.1 Å². The fourth-order valence-corrected chi connectivity index (χ4v) is 1.58. The maximum atomic E-state index is 12.0. The highest BCUT2D eigenvalue weighted by Crippen LogP contribution is 2.14. The number of esters is 1. The number of amides is 2. The number of benzene rings is 1. The van der Waals surface area contributed by atoms with Crippen LogP contribution in [0, 0.1) is 0 Å². The van der Waals surface area contributed by atoms with E-state index in [1.165, 1.54) is 29.6 Å². The minimum Gasteiger partial charge on any atom is -0.462 e. The predicted molar refractivity (Wildman–Crippen MR) is 79.3 cm³/mol. The Hall–Kier alpha value is -2.58. The zero-order chi connectivity index (χ0) is 18.2. The van der Waals surface area contributed by atoms with E-state index in [1.807, 2.05) is 6.92 Å². The molecule has 0 radical (unpaired) electrons. The lowest BCUT2D eigenvalue weighted by Gasteiger charge is -2.09. The summed E-state index contributed by atoms with van der Waals surface area (Å²) >= 11 is 0. The van der Waals surface area contributed by atoms with Crippen molar-refractivity contribution in [2.24, 2.45) is 0 Å². The number of nitrogens with one attached hydrogen (secondary N) is 2. The molecule has 9 heteroatoms. The summed E-state index contributed by atoms with van der Waals surface area (Å²) in [4.78, 5) is 33.9. The van der Waals surface area contributed by atoms with Crippen LogP contribution in [0.3, 0.4) is 0 Å². The minimum absolute atomic E-state index is 0.197. The van der Waals surface area contributed by atoms with E-state index in [2.05, 4.69) is 5.32 Å². The first-order chi connectivity index (χ1) is 11.2. The molecule has 0 aliphatic carbocycles. The van der Waals surface area contributed by atoms with Gasteiger partial charge in [0.15, 0.2) is 0 Å². The van der Waals surface area contributed by atoms with Gasteiger partial charge in [-0.3, -0.25) is 9.59 Å². The van der Waals surface area contributed by atoms with Crippen LogP contribution in [0.4, 0.5) is 18.9 Å². The fourth-order valence-electron chi connectivity index (χ4n) is 1.58. The molecule has 0 aliphatic heterocycles. The van der Waals surface area contributed by atoms with Crippen LogP contribution >= 0.6 is 0 Å². The molecule has 0 saturated carbocycles. The lowest BCUT2D eigenvalue weighted by atomic mass is 10.2. The van der Waals surface area contributed by atoms with Crippen LogP contribution in [-0.4, -0.2) is 37.1 Å². The van der Waals surface area contributed by atoms with Gasteiger partial charge in [0.05, 0.1) is 18.7 Å². The molecule has 0 bridgehead atoms. The Morgan fingerprint density at radius 1 is 1.21 bits per heavy atom. The lowest BCUT2D eigenvalue weighted by molar-refractivity contribution is -0.173. The number of unbranched alkanes of at least 4 members (excludes halogenated alkanes) is 1. The molecule has 0 fully saturated rings. The average Bonchev–Trinajstić information content (AvgIpc) is 2.52. The number of rotatable bonds is 7. The third-order valence-electron chi connectivity index (χ3n) is 2.78. The number of carbonyl (C=O) groups is 3. The summed E-state index contributed by atoms with van der Waals surface area (Å²) in [6, 6.07) is 5.75. The molecule has 0 aliphatic rings. The van der Waals surface area contributed by atoms with Gasteiger partial charge < -0.3 is 15.4 Å². The standard InChI is InChI=1S/C15H17F3N2O4/c1-2-3-7-24-13(22)10-5-4-6-11(8-10)20-12(21)9-19-14(23)15(16,17)18/h4-6,8H,2-3,7,9H2,1H3,(H,19,23)(H,20,21). The number of ether oxygens (including phenoxy) is 1. The second-order valence-corrected chi connectivity index (χ2v) is 4.80. The molecule has 24 heavy (non-hydrogen) atoms. The van der Waals surface area contributed by atoms with Gasteiger partial charge in [0, 0.05) is 5.69 Å². The van der Waals surface area contributed by atoms with Gasteiger partial charge in [-0.05, 0) is 24.6 Å². The monoisotopic (exact) mass is 346 g/mol. The largest absolute Gasteiger partial charge is 0.471 e. The van der Waals surface area contributed by atoms with E-state index in [4.69, 9.17) is 4.74 Å². The molecule has 2 N–H and O–H groups in total. The smallest absolute Gasteiger partial charge is 0.462 e. The van der Waals surface area contributed by atoms with Crippen molar-refractivity contribution < 1.29 is 32.3 Å². The fraction of sp³-hybridized carbons (Fsp3) is 0.400. The molecular weight excluding hydrogens is 329 g/mol. The second-order valence-electron chi connectivity index (χ2n) is 4.80. The molecule has 2 amide bonds. The van der Waals surface area contributed by atoms with Gasteiger partial charge in [-0.15, -0.1) is 0 Å².